The highest BCUT2D eigenvalue weighted by Gasteiger charge is 2.55. The Bertz CT molecular complexity index is 730. The molecule has 4 rings (SSSR count). The Morgan fingerprint density at radius 1 is 1.10 bits per heavy atom. The number of anilines is 1. The minimum Gasteiger partial charge on any atom is -0.325 e. The van der Waals surface area contributed by atoms with E-state index in [4.69, 9.17) is 0 Å². The van der Waals surface area contributed by atoms with E-state index in [0.29, 0.717) is 18.5 Å². The third-order valence-corrected chi connectivity index (χ3v) is 4.64. The van der Waals surface area contributed by atoms with Gasteiger partial charge in [-0.3, -0.25) is 4.79 Å². The maximum atomic E-state index is 14.2. The van der Waals surface area contributed by atoms with Gasteiger partial charge in [0, 0.05) is 11.3 Å². The summed E-state index contributed by atoms with van der Waals surface area (Å²) in [6, 6.07) is 14.1. The predicted octanol–water partition coefficient (Wildman–Crippen LogP) is 2.75. The highest BCUT2D eigenvalue weighted by molar-refractivity contribution is 6.07. The summed E-state index contributed by atoms with van der Waals surface area (Å²) in [5, 5.41) is 6.26. The van der Waals surface area contributed by atoms with Gasteiger partial charge >= 0.3 is 0 Å². The summed E-state index contributed by atoms with van der Waals surface area (Å²) in [5.41, 5.74) is 1.65. The fourth-order valence-corrected chi connectivity index (χ4v) is 3.69. The number of hydrogen-bond acceptors (Lipinski definition) is 2. The van der Waals surface area contributed by atoms with Crippen LogP contribution in [-0.2, 0) is 10.2 Å². The molecule has 0 aromatic heterocycles. The lowest BCUT2D eigenvalue weighted by Gasteiger charge is -2.29. The molecule has 106 valence electrons. The molecule has 2 aliphatic rings. The third kappa shape index (κ3) is 1.59. The van der Waals surface area contributed by atoms with Gasteiger partial charge in [-0.05, 0) is 30.7 Å². The standard InChI is InChI=1S/C17H15FN2O/c18-13-7-3-1-5-11(13)15-17(9-10-19-15)12-6-2-4-8-14(12)20-16(17)21/h1-8,15,19H,9-10H2,(H,20,21)/t15-,17-/m0/s1. The maximum Gasteiger partial charge on any atom is 0.237 e. The zero-order chi connectivity index (χ0) is 14.4. The van der Waals surface area contributed by atoms with Gasteiger partial charge in [0.05, 0.1) is 11.5 Å². The van der Waals surface area contributed by atoms with Crippen molar-refractivity contribution in [3.05, 3.63) is 65.5 Å². The molecule has 4 heteroatoms. The molecule has 2 heterocycles. The molecule has 2 atom stereocenters. The number of amides is 1. The first-order chi connectivity index (χ1) is 10.2. The van der Waals surface area contributed by atoms with Crippen LogP contribution in [0.25, 0.3) is 0 Å². The molecule has 0 radical (unpaired) electrons. The van der Waals surface area contributed by atoms with Gasteiger partial charge in [0.2, 0.25) is 5.91 Å². The minimum absolute atomic E-state index is 0.0399. The zero-order valence-electron chi connectivity index (χ0n) is 11.4. The number of nitrogens with one attached hydrogen (secondary N) is 2. The molecule has 1 fully saturated rings. The molecule has 0 saturated carbocycles. The van der Waals surface area contributed by atoms with Crippen molar-refractivity contribution in [2.75, 3.05) is 11.9 Å². The molecule has 2 aromatic rings. The SMILES string of the molecule is O=C1Nc2ccccc2[C@]12CCN[C@H]2c1ccccc1F. The quantitative estimate of drug-likeness (QED) is 0.844. The Hall–Kier alpha value is -2.20. The fourth-order valence-electron chi connectivity index (χ4n) is 3.69. The van der Waals surface area contributed by atoms with E-state index in [1.54, 1.807) is 12.1 Å². The molecule has 3 nitrogen and oxygen atoms in total. The maximum absolute atomic E-state index is 14.2. The topological polar surface area (TPSA) is 41.1 Å². The van der Waals surface area contributed by atoms with E-state index in [2.05, 4.69) is 10.6 Å². The Morgan fingerprint density at radius 3 is 2.71 bits per heavy atom. The molecule has 1 spiro atoms. The van der Waals surface area contributed by atoms with E-state index >= 15 is 0 Å². The zero-order valence-corrected chi connectivity index (χ0v) is 11.4. The van der Waals surface area contributed by atoms with Crippen molar-refractivity contribution in [3.63, 3.8) is 0 Å². The number of para-hydroxylation sites is 1. The smallest absolute Gasteiger partial charge is 0.237 e. The van der Waals surface area contributed by atoms with Crippen LogP contribution in [0.1, 0.15) is 23.6 Å². The number of rotatable bonds is 1. The summed E-state index contributed by atoms with van der Waals surface area (Å²) < 4.78 is 14.2. The molecule has 1 amide bonds. The van der Waals surface area contributed by atoms with Gasteiger partial charge in [-0.1, -0.05) is 36.4 Å². The van der Waals surface area contributed by atoms with Gasteiger partial charge in [-0.2, -0.15) is 0 Å². The first-order valence-corrected chi connectivity index (χ1v) is 7.12. The van der Waals surface area contributed by atoms with Gasteiger partial charge in [0.15, 0.2) is 0 Å². The summed E-state index contributed by atoms with van der Waals surface area (Å²) in [5.74, 6) is -0.310. The van der Waals surface area contributed by atoms with Crippen molar-refractivity contribution in [2.24, 2.45) is 0 Å². The molecule has 2 aliphatic heterocycles. The van der Waals surface area contributed by atoms with Crippen molar-refractivity contribution < 1.29 is 9.18 Å². The molecule has 2 aromatic carbocycles. The van der Waals surface area contributed by atoms with E-state index < -0.39 is 5.41 Å². The Balaban J connectivity index is 1.91. The Labute approximate surface area is 122 Å². The largest absolute Gasteiger partial charge is 0.325 e. The van der Waals surface area contributed by atoms with Crippen LogP contribution in [0.15, 0.2) is 48.5 Å². The monoisotopic (exact) mass is 282 g/mol. The summed E-state index contributed by atoms with van der Waals surface area (Å²) >= 11 is 0. The lowest BCUT2D eigenvalue weighted by atomic mass is 9.73. The molecular formula is C17H15FN2O. The number of fused-ring (bicyclic) bond motifs is 2. The van der Waals surface area contributed by atoms with E-state index in [0.717, 1.165) is 11.3 Å². The highest BCUT2D eigenvalue weighted by Crippen LogP contribution is 2.51. The summed E-state index contributed by atoms with van der Waals surface area (Å²) in [4.78, 5) is 12.7. The Kier molecular flexibility index (Phi) is 2.62. The van der Waals surface area contributed by atoms with Gasteiger partial charge in [0.1, 0.15) is 5.82 Å². The van der Waals surface area contributed by atoms with E-state index in [-0.39, 0.29) is 17.8 Å². The second-order valence-corrected chi connectivity index (χ2v) is 5.63. The van der Waals surface area contributed by atoms with Crippen molar-refractivity contribution >= 4 is 11.6 Å². The molecular weight excluding hydrogens is 267 g/mol. The summed E-state index contributed by atoms with van der Waals surface area (Å²) in [6.07, 6.45) is 0.675. The van der Waals surface area contributed by atoms with E-state index in [9.17, 15) is 9.18 Å². The molecule has 21 heavy (non-hydrogen) atoms. The minimum atomic E-state index is -0.710. The van der Waals surface area contributed by atoms with Crippen molar-refractivity contribution in [3.8, 4) is 0 Å². The van der Waals surface area contributed by atoms with E-state index in [1.165, 1.54) is 6.07 Å². The Morgan fingerprint density at radius 2 is 1.86 bits per heavy atom. The van der Waals surface area contributed by atoms with Crippen LogP contribution in [0.5, 0.6) is 0 Å². The molecule has 0 unspecified atom stereocenters. The van der Waals surface area contributed by atoms with Crippen LogP contribution in [0.4, 0.5) is 10.1 Å². The number of benzene rings is 2. The normalized spacial score (nSPS) is 26.9. The molecule has 0 aliphatic carbocycles. The van der Waals surface area contributed by atoms with Gasteiger partial charge in [-0.25, -0.2) is 4.39 Å². The van der Waals surface area contributed by atoms with Crippen LogP contribution in [0.3, 0.4) is 0 Å². The third-order valence-electron chi connectivity index (χ3n) is 4.64. The van der Waals surface area contributed by atoms with Crippen LogP contribution in [0, 0.1) is 5.82 Å². The van der Waals surface area contributed by atoms with Gasteiger partial charge in [0.25, 0.3) is 0 Å². The second kappa shape index (κ2) is 4.40. The number of carbonyl (C=O) groups excluding carboxylic acids is 1. The van der Waals surface area contributed by atoms with Crippen molar-refractivity contribution in [2.45, 2.75) is 17.9 Å². The number of carbonyl (C=O) groups is 1. The van der Waals surface area contributed by atoms with Gasteiger partial charge < -0.3 is 10.6 Å². The van der Waals surface area contributed by atoms with Crippen molar-refractivity contribution in [1.29, 1.82) is 0 Å². The first kappa shape index (κ1) is 12.5. The average Bonchev–Trinajstić information content (AvgIpc) is 3.05. The lowest BCUT2D eigenvalue weighted by Crippen LogP contribution is -2.40. The van der Waals surface area contributed by atoms with Crippen molar-refractivity contribution in [1.82, 2.24) is 5.32 Å². The number of hydrogen-bond donors (Lipinski definition) is 2. The molecule has 1 saturated heterocycles. The summed E-state index contributed by atoms with van der Waals surface area (Å²) in [7, 11) is 0. The number of halogens is 1. The van der Waals surface area contributed by atoms with Gasteiger partial charge in [-0.15, -0.1) is 0 Å². The second-order valence-electron chi connectivity index (χ2n) is 5.63. The lowest BCUT2D eigenvalue weighted by molar-refractivity contribution is -0.121. The van der Waals surface area contributed by atoms with E-state index in [1.807, 2.05) is 30.3 Å². The predicted molar refractivity (Wildman–Crippen MR) is 78.5 cm³/mol. The molecule has 2 N–H and O–H groups in total. The fraction of sp³-hybridized carbons (Fsp3) is 0.235. The van der Waals surface area contributed by atoms with Crippen LogP contribution in [0.2, 0.25) is 0 Å². The highest BCUT2D eigenvalue weighted by atomic mass is 19.1. The first-order valence-electron chi connectivity index (χ1n) is 7.12. The van der Waals surface area contributed by atoms with Crippen LogP contribution >= 0.6 is 0 Å². The summed E-state index contributed by atoms with van der Waals surface area (Å²) in [6.45, 7) is 0.695. The molecule has 0 bridgehead atoms. The van der Waals surface area contributed by atoms with Crippen LogP contribution in [-0.4, -0.2) is 12.5 Å². The van der Waals surface area contributed by atoms with Crippen LogP contribution < -0.4 is 10.6 Å². The average molecular weight is 282 g/mol.